The lowest BCUT2D eigenvalue weighted by molar-refractivity contribution is -0.115. The molecule has 1 aromatic carbocycles. The van der Waals surface area contributed by atoms with Crippen molar-refractivity contribution >= 4 is 37.5 Å². The minimum Gasteiger partial charge on any atom is -0.389 e. The number of aliphatic hydroxyl groups excluding tert-OH is 2. The van der Waals surface area contributed by atoms with Gasteiger partial charge in [-0.15, -0.1) is 0 Å². The molecule has 0 unspecified atom stereocenters. The average molecular weight is 377 g/mol. The van der Waals surface area contributed by atoms with Crippen molar-refractivity contribution < 1.29 is 23.4 Å². The normalized spacial score (nSPS) is 26.0. The van der Waals surface area contributed by atoms with Gasteiger partial charge in [-0.1, -0.05) is 0 Å². The highest BCUT2D eigenvalue weighted by atomic mass is 79.9. The van der Waals surface area contributed by atoms with Gasteiger partial charge in [-0.25, -0.2) is 8.42 Å². The third kappa shape index (κ3) is 2.49. The van der Waals surface area contributed by atoms with Crippen molar-refractivity contribution in [2.75, 3.05) is 18.4 Å². The quantitative estimate of drug-likeness (QED) is 0.655. The summed E-state index contributed by atoms with van der Waals surface area (Å²) in [4.78, 5) is 11.4. The summed E-state index contributed by atoms with van der Waals surface area (Å²) < 4.78 is 26.6. The molecule has 2 aliphatic rings. The highest BCUT2D eigenvalue weighted by Gasteiger charge is 2.38. The second-order valence-corrected chi connectivity index (χ2v) is 7.88. The van der Waals surface area contributed by atoms with Crippen LogP contribution in [0.5, 0.6) is 0 Å². The summed E-state index contributed by atoms with van der Waals surface area (Å²) in [5.74, 6) is -0.182. The molecular weight excluding hydrogens is 364 g/mol. The fourth-order valence-electron chi connectivity index (χ4n) is 2.49. The minimum absolute atomic E-state index is 0.0269. The summed E-state index contributed by atoms with van der Waals surface area (Å²) >= 11 is 3.20. The summed E-state index contributed by atoms with van der Waals surface area (Å²) in [5.41, 5.74) is 1.20. The first-order valence-electron chi connectivity index (χ1n) is 6.27. The molecule has 0 aromatic heterocycles. The van der Waals surface area contributed by atoms with E-state index < -0.39 is 22.2 Å². The van der Waals surface area contributed by atoms with Gasteiger partial charge in [0.15, 0.2) is 0 Å². The Balaban J connectivity index is 2.01. The molecule has 0 saturated carbocycles. The minimum atomic E-state index is -3.85. The predicted molar refractivity (Wildman–Crippen MR) is 77.2 cm³/mol. The van der Waals surface area contributed by atoms with Crippen molar-refractivity contribution in [2.24, 2.45) is 0 Å². The lowest BCUT2D eigenvalue weighted by Gasteiger charge is -2.17. The summed E-state index contributed by atoms with van der Waals surface area (Å²) in [6.45, 7) is -0.297. The number of carbonyl (C=O) groups is 1. The van der Waals surface area contributed by atoms with E-state index in [-0.39, 0.29) is 30.3 Å². The van der Waals surface area contributed by atoms with Gasteiger partial charge in [0.2, 0.25) is 15.9 Å². The highest BCUT2D eigenvalue weighted by molar-refractivity contribution is 9.10. The maximum absolute atomic E-state index is 12.6. The van der Waals surface area contributed by atoms with Gasteiger partial charge in [-0.05, 0) is 33.6 Å². The Labute approximate surface area is 129 Å². The number of nitrogens with one attached hydrogen (secondary N) is 1. The first kappa shape index (κ1) is 14.9. The van der Waals surface area contributed by atoms with Gasteiger partial charge in [0.1, 0.15) is 0 Å². The Morgan fingerprint density at radius 1 is 1.24 bits per heavy atom. The van der Waals surface area contributed by atoms with Crippen molar-refractivity contribution in [1.29, 1.82) is 0 Å². The van der Waals surface area contributed by atoms with Crippen LogP contribution in [0, 0.1) is 0 Å². The van der Waals surface area contributed by atoms with Crippen LogP contribution in [-0.4, -0.2) is 54.1 Å². The zero-order valence-electron chi connectivity index (χ0n) is 10.8. The van der Waals surface area contributed by atoms with Crippen molar-refractivity contribution in [3.8, 4) is 0 Å². The van der Waals surface area contributed by atoms with Crippen LogP contribution in [-0.2, 0) is 21.2 Å². The number of carbonyl (C=O) groups excluding carboxylic acids is 1. The Bertz CT molecular complexity index is 711. The van der Waals surface area contributed by atoms with E-state index in [9.17, 15) is 23.4 Å². The van der Waals surface area contributed by atoms with Gasteiger partial charge >= 0.3 is 0 Å². The molecule has 21 heavy (non-hydrogen) atoms. The lowest BCUT2D eigenvalue weighted by atomic mass is 10.2. The molecule has 9 heteroatoms. The molecule has 0 aliphatic carbocycles. The monoisotopic (exact) mass is 376 g/mol. The molecule has 0 radical (unpaired) electrons. The number of β-amino-alcohol motifs (C(OH)–C–C–N with tert-alkyl or cyclic N) is 2. The first-order chi connectivity index (χ1) is 9.79. The van der Waals surface area contributed by atoms with Gasteiger partial charge in [0, 0.05) is 23.2 Å². The van der Waals surface area contributed by atoms with Crippen LogP contribution < -0.4 is 5.32 Å². The molecule has 3 N–H and O–H groups in total. The predicted octanol–water partition coefficient (Wildman–Crippen LogP) is -0.330. The number of amides is 1. The van der Waals surface area contributed by atoms with Crippen LogP contribution in [0.15, 0.2) is 21.5 Å². The van der Waals surface area contributed by atoms with E-state index in [2.05, 4.69) is 21.2 Å². The number of aliphatic hydroxyl groups is 2. The molecule has 0 bridgehead atoms. The molecular formula is C12H13BrN2O5S. The standard InChI is InChI=1S/C12H13BrN2O5S/c13-7-3-8-6(2-12(18)14-8)1-11(7)21(19,20)15-4-9(16)10(17)5-15/h1,3,9-10,16-17H,2,4-5H2,(H,14,18)/t9-,10+. The fraction of sp³-hybridized carbons (Fsp3) is 0.417. The third-order valence-corrected chi connectivity index (χ3v) is 6.42. The van der Waals surface area contributed by atoms with E-state index in [1.165, 1.54) is 6.07 Å². The number of sulfonamides is 1. The number of nitrogens with zero attached hydrogens (tertiary/aromatic N) is 1. The summed E-state index contributed by atoms with van der Waals surface area (Å²) in [7, 11) is -3.85. The number of fused-ring (bicyclic) bond motifs is 1. The van der Waals surface area contributed by atoms with Crippen molar-refractivity contribution in [1.82, 2.24) is 4.31 Å². The molecule has 1 aromatic rings. The molecule has 1 saturated heterocycles. The molecule has 2 heterocycles. The zero-order chi connectivity index (χ0) is 15.4. The molecule has 1 fully saturated rings. The van der Waals surface area contributed by atoms with Crippen LogP contribution in [0.3, 0.4) is 0 Å². The number of hydrogen-bond donors (Lipinski definition) is 3. The smallest absolute Gasteiger partial charge is 0.244 e. The Morgan fingerprint density at radius 3 is 2.48 bits per heavy atom. The van der Waals surface area contributed by atoms with E-state index >= 15 is 0 Å². The molecule has 2 atom stereocenters. The third-order valence-electron chi connectivity index (χ3n) is 3.63. The Kier molecular flexibility index (Phi) is 3.57. The van der Waals surface area contributed by atoms with Crippen LogP contribution >= 0.6 is 15.9 Å². The number of rotatable bonds is 2. The molecule has 2 aliphatic heterocycles. The van der Waals surface area contributed by atoms with Gasteiger partial charge in [-0.2, -0.15) is 4.31 Å². The maximum atomic E-state index is 12.6. The number of hydrogen-bond acceptors (Lipinski definition) is 5. The Morgan fingerprint density at radius 2 is 1.86 bits per heavy atom. The fourth-order valence-corrected chi connectivity index (χ4v) is 5.02. The van der Waals surface area contributed by atoms with Gasteiger partial charge in [0.05, 0.1) is 23.5 Å². The summed E-state index contributed by atoms with van der Waals surface area (Å²) in [5, 5.41) is 21.7. The van der Waals surface area contributed by atoms with E-state index in [4.69, 9.17) is 0 Å². The maximum Gasteiger partial charge on any atom is 0.244 e. The van der Waals surface area contributed by atoms with Gasteiger partial charge < -0.3 is 15.5 Å². The molecule has 114 valence electrons. The second-order valence-electron chi connectivity index (χ2n) is 5.12. The molecule has 0 spiro atoms. The Hall–Kier alpha value is -1.00. The van der Waals surface area contributed by atoms with E-state index in [0.717, 1.165) is 4.31 Å². The topological polar surface area (TPSA) is 107 Å². The van der Waals surface area contributed by atoms with Gasteiger partial charge in [0.25, 0.3) is 0 Å². The number of benzene rings is 1. The zero-order valence-corrected chi connectivity index (χ0v) is 13.2. The van der Waals surface area contributed by atoms with E-state index in [1.807, 2.05) is 0 Å². The van der Waals surface area contributed by atoms with E-state index in [1.54, 1.807) is 6.07 Å². The van der Waals surface area contributed by atoms with Crippen LogP contribution in [0.4, 0.5) is 5.69 Å². The number of halogens is 1. The molecule has 3 rings (SSSR count). The number of anilines is 1. The van der Waals surface area contributed by atoms with Crippen molar-refractivity contribution in [3.05, 3.63) is 22.2 Å². The summed E-state index contributed by atoms with van der Waals surface area (Å²) in [6.07, 6.45) is -2.04. The second kappa shape index (κ2) is 5.03. The average Bonchev–Trinajstić information content (AvgIpc) is 2.91. The van der Waals surface area contributed by atoms with Crippen LogP contribution in [0.25, 0.3) is 0 Å². The molecule has 7 nitrogen and oxygen atoms in total. The lowest BCUT2D eigenvalue weighted by Crippen LogP contribution is -2.30. The van der Waals surface area contributed by atoms with Crippen molar-refractivity contribution in [2.45, 2.75) is 23.5 Å². The largest absolute Gasteiger partial charge is 0.389 e. The summed E-state index contributed by atoms with van der Waals surface area (Å²) in [6, 6.07) is 3.00. The highest BCUT2D eigenvalue weighted by Crippen LogP contribution is 2.34. The SMILES string of the molecule is O=C1Cc2cc(S(=O)(=O)N3C[C@@H](O)[C@@H](O)C3)c(Br)cc2N1. The van der Waals surface area contributed by atoms with Crippen LogP contribution in [0.1, 0.15) is 5.56 Å². The van der Waals surface area contributed by atoms with Gasteiger partial charge in [-0.3, -0.25) is 4.79 Å². The van der Waals surface area contributed by atoms with E-state index in [0.29, 0.717) is 15.7 Å². The molecule has 1 amide bonds. The first-order valence-corrected chi connectivity index (χ1v) is 8.51. The van der Waals surface area contributed by atoms with Crippen molar-refractivity contribution in [3.63, 3.8) is 0 Å². The van der Waals surface area contributed by atoms with Crippen LogP contribution in [0.2, 0.25) is 0 Å².